The number of nitrogens with one attached hydrogen (secondary N) is 1. The third-order valence-electron chi connectivity index (χ3n) is 6.18. The Hall–Kier alpha value is -2.76. The minimum atomic E-state index is -3.24. The summed E-state index contributed by atoms with van der Waals surface area (Å²) in [5.41, 5.74) is -1.17. The van der Waals surface area contributed by atoms with E-state index >= 15 is 0 Å². The van der Waals surface area contributed by atoms with Crippen molar-refractivity contribution < 1.29 is 36.3 Å². The van der Waals surface area contributed by atoms with Gasteiger partial charge in [0.05, 0.1) is 11.5 Å². The Bertz CT molecular complexity index is 1030. The molecule has 0 aromatic heterocycles. The highest BCUT2D eigenvalue weighted by Crippen LogP contribution is 2.31. The number of amides is 4. The molecule has 3 unspecified atom stereocenters. The first-order chi connectivity index (χ1) is 15.4. The van der Waals surface area contributed by atoms with Crippen LogP contribution in [0.4, 0.5) is 13.6 Å². The summed E-state index contributed by atoms with van der Waals surface area (Å²) >= 11 is 0. The average Bonchev–Trinajstić information content (AvgIpc) is 3.19. The third kappa shape index (κ3) is 5.10. The summed E-state index contributed by atoms with van der Waals surface area (Å²) in [6, 6.07) is 3.73. The SMILES string of the molecule is CCC(C)N(C(=O)CN1C(=O)NC(C)(c2ccc(OC(F)F)cc2)C1=O)C1CCS(=O)(=O)C1. The summed E-state index contributed by atoms with van der Waals surface area (Å²) in [5, 5.41) is 2.56. The average molecular weight is 488 g/mol. The van der Waals surface area contributed by atoms with Crippen LogP contribution in [0.1, 0.15) is 39.2 Å². The number of sulfone groups is 1. The molecule has 0 spiro atoms. The molecule has 2 saturated heterocycles. The molecule has 9 nitrogen and oxygen atoms in total. The minimum Gasteiger partial charge on any atom is -0.435 e. The van der Waals surface area contributed by atoms with Crippen LogP contribution in [-0.4, -0.2) is 72.8 Å². The quantitative estimate of drug-likeness (QED) is 0.560. The fourth-order valence-electron chi connectivity index (χ4n) is 4.22. The number of carbonyl (C=O) groups excluding carboxylic acids is 3. The van der Waals surface area contributed by atoms with Crippen LogP contribution in [0.2, 0.25) is 0 Å². The van der Waals surface area contributed by atoms with Gasteiger partial charge in [0.15, 0.2) is 9.84 Å². The molecule has 33 heavy (non-hydrogen) atoms. The van der Waals surface area contributed by atoms with Crippen molar-refractivity contribution in [2.75, 3.05) is 18.1 Å². The minimum absolute atomic E-state index is 0.00957. The van der Waals surface area contributed by atoms with E-state index in [0.717, 1.165) is 4.90 Å². The van der Waals surface area contributed by atoms with E-state index in [4.69, 9.17) is 0 Å². The maximum atomic E-state index is 13.2. The number of hydrogen-bond acceptors (Lipinski definition) is 6. The van der Waals surface area contributed by atoms with E-state index < -0.39 is 52.4 Å². The number of hydrogen-bond donors (Lipinski definition) is 1. The molecular formula is C21H27F2N3O6S. The maximum absolute atomic E-state index is 13.2. The van der Waals surface area contributed by atoms with Crippen LogP contribution in [0.25, 0.3) is 0 Å². The Morgan fingerprint density at radius 3 is 2.45 bits per heavy atom. The van der Waals surface area contributed by atoms with Gasteiger partial charge >= 0.3 is 12.6 Å². The highest BCUT2D eigenvalue weighted by Gasteiger charge is 2.50. The zero-order chi connectivity index (χ0) is 24.6. The zero-order valence-corrected chi connectivity index (χ0v) is 19.4. The van der Waals surface area contributed by atoms with Gasteiger partial charge in [-0.2, -0.15) is 8.78 Å². The summed E-state index contributed by atoms with van der Waals surface area (Å²) in [5.74, 6) is -1.44. The molecule has 2 fully saturated rings. The molecule has 1 N–H and O–H groups in total. The molecule has 2 aliphatic heterocycles. The summed E-state index contributed by atoms with van der Waals surface area (Å²) in [6.07, 6.45) is 0.885. The van der Waals surface area contributed by atoms with Crippen LogP contribution >= 0.6 is 0 Å². The molecule has 2 aliphatic rings. The smallest absolute Gasteiger partial charge is 0.387 e. The molecular weight excluding hydrogens is 460 g/mol. The van der Waals surface area contributed by atoms with Crippen molar-refractivity contribution in [2.24, 2.45) is 0 Å². The van der Waals surface area contributed by atoms with Crippen molar-refractivity contribution in [3.63, 3.8) is 0 Å². The lowest BCUT2D eigenvalue weighted by Crippen LogP contribution is -2.51. The summed E-state index contributed by atoms with van der Waals surface area (Å²) in [4.78, 5) is 41.2. The fraction of sp³-hybridized carbons (Fsp3) is 0.571. The highest BCUT2D eigenvalue weighted by atomic mass is 32.2. The Balaban J connectivity index is 1.78. The molecule has 3 rings (SSSR count). The van der Waals surface area contributed by atoms with Gasteiger partial charge in [-0.1, -0.05) is 19.1 Å². The molecule has 2 heterocycles. The second kappa shape index (κ2) is 9.24. The lowest BCUT2D eigenvalue weighted by atomic mass is 9.92. The molecule has 0 aliphatic carbocycles. The maximum Gasteiger partial charge on any atom is 0.387 e. The summed E-state index contributed by atoms with van der Waals surface area (Å²) < 4.78 is 52.9. The molecule has 182 valence electrons. The predicted molar refractivity (Wildman–Crippen MR) is 114 cm³/mol. The molecule has 12 heteroatoms. The highest BCUT2D eigenvalue weighted by molar-refractivity contribution is 7.91. The van der Waals surface area contributed by atoms with Gasteiger partial charge in [-0.05, 0) is 44.4 Å². The lowest BCUT2D eigenvalue weighted by molar-refractivity contribution is -0.141. The molecule has 0 radical (unpaired) electrons. The van der Waals surface area contributed by atoms with E-state index in [-0.39, 0.29) is 23.3 Å². The Kier molecular flexibility index (Phi) is 6.96. The Morgan fingerprint density at radius 1 is 1.30 bits per heavy atom. The van der Waals surface area contributed by atoms with Crippen LogP contribution in [0.15, 0.2) is 24.3 Å². The van der Waals surface area contributed by atoms with E-state index in [2.05, 4.69) is 10.1 Å². The van der Waals surface area contributed by atoms with Gasteiger partial charge in [-0.25, -0.2) is 13.2 Å². The van der Waals surface area contributed by atoms with E-state index in [1.54, 1.807) is 6.92 Å². The molecule has 0 bridgehead atoms. The third-order valence-corrected chi connectivity index (χ3v) is 7.93. The fourth-order valence-corrected chi connectivity index (χ4v) is 5.93. The van der Waals surface area contributed by atoms with Gasteiger partial charge in [0.25, 0.3) is 5.91 Å². The number of nitrogens with zero attached hydrogens (tertiary/aromatic N) is 2. The van der Waals surface area contributed by atoms with Crippen molar-refractivity contribution in [3.05, 3.63) is 29.8 Å². The second-order valence-electron chi connectivity index (χ2n) is 8.46. The van der Waals surface area contributed by atoms with Crippen molar-refractivity contribution in [3.8, 4) is 5.75 Å². The first-order valence-corrected chi connectivity index (χ1v) is 12.4. The van der Waals surface area contributed by atoms with Crippen LogP contribution in [0.5, 0.6) is 5.75 Å². The van der Waals surface area contributed by atoms with Gasteiger partial charge in [0, 0.05) is 12.1 Å². The van der Waals surface area contributed by atoms with Gasteiger partial charge in [0.1, 0.15) is 17.8 Å². The number of urea groups is 1. The Labute approximate surface area is 191 Å². The number of halogens is 2. The van der Waals surface area contributed by atoms with Crippen molar-refractivity contribution in [2.45, 2.75) is 57.8 Å². The predicted octanol–water partition coefficient (Wildman–Crippen LogP) is 1.87. The Morgan fingerprint density at radius 2 is 1.94 bits per heavy atom. The van der Waals surface area contributed by atoms with E-state index in [0.29, 0.717) is 18.4 Å². The first-order valence-electron chi connectivity index (χ1n) is 10.6. The molecule has 1 aromatic rings. The number of benzene rings is 1. The van der Waals surface area contributed by atoms with E-state index in [1.165, 1.54) is 36.1 Å². The van der Waals surface area contributed by atoms with Crippen molar-refractivity contribution in [1.82, 2.24) is 15.1 Å². The number of rotatable bonds is 8. The van der Waals surface area contributed by atoms with Crippen molar-refractivity contribution >= 4 is 27.7 Å². The van der Waals surface area contributed by atoms with Gasteiger partial charge in [-0.3, -0.25) is 14.5 Å². The normalized spacial score (nSPS) is 25.3. The topological polar surface area (TPSA) is 113 Å². The molecule has 4 amide bonds. The van der Waals surface area contributed by atoms with Crippen LogP contribution in [0.3, 0.4) is 0 Å². The second-order valence-corrected chi connectivity index (χ2v) is 10.7. The monoisotopic (exact) mass is 487 g/mol. The van der Waals surface area contributed by atoms with Gasteiger partial charge in [-0.15, -0.1) is 0 Å². The van der Waals surface area contributed by atoms with Crippen LogP contribution in [-0.2, 0) is 25.0 Å². The summed E-state index contributed by atoms with van der Waals surface area (Å²) in [7, 11) is -3.24. The van der Waals surface area contributed by atoms with E-state index in [9.17, 15) is 31.6 Å². The molecule has 3 atom stereocenters. The molecule has 1 aromatic carbocycles. The largest absolute Gasteiger partial charge is 0.435 e. The number of alkyl halides is 2. The lowest BCUT2D eigenvalue weighted by Gasteiger charge is -2.34. The van der Waals surface area contributed by atoms with Gasteiger partial charge in [0.2, 0.25) is 5.91 Å². The van der Waals surface area contributed by atoms with E-state index in [1.807, 2.05) is 6.92 Å². The standard InChI is InChI=1S/C21H27F2N3O6S/c1-4-13(2)26(15-9-10-33(30,31)12-15)17(27)11-25-18(28)21(3,24-20(25)29)14-5-7-16(8-6-14)32-19(22)23/h5-8,13,15,19H,4,9-12H2,1-3H3,(H,24,29). The number of ether oxygens (including phenoxy) is 1. The van der Waals surface area contributed by atoms with Crippen molar-refractivity contribution in [1.29, 1.82) is 0 Å². The van der Waals surface area contributed by atoms with Crippen LogP contribution in [0, 0.1) is 0 Å². The summed E-state index contributed by atoms with van der Waals surface area (Å²) in [6.45, 7) is 1.58. The zero-order valence-electron chi connectivity index (χ0n) is 18.6. The first kappa shape index (κ1) is 24.9. The number of carbonyl (C=O) groups is 3. The van der Waals surface area contributed by atoms with Gasteiger partial charge < -0.3 is 15.0 Å². The van der Waals surface area contributed by atoms with Crippen LogP contribution < -0.4 is 10.1 Å². The number of imide groups is 1. The molecule has 0 saturated carbocycles.